The predicted octanol–water partition coefficient (Wildman–Crippen LogP) is 1.47. The number of amides is 1. The highest BCUT2D eigenvalue weighted by Crippen LogP contribution is 2.09. The van der Waals surface area contributed by atoms with Crippen LogP contribution < -0.4 is 11.1 Å². The molecule has 0 aliphatic heterocycles. The minimum atomic E-state index is -0.213. The molecule has 1 amide bonds. The molecule has 1 unspecified atom stereocenters. The lowest BCUT2D eigenvalue weighted by Crippen LogP contribution is -2.39. The molecule has 0 radical (unpaired) electrons. The van der Waals surface area contributed by atoms with E-state index >= 15 is 0 Å². The molecule has 4 heteroatoms. The molecule has 20 heavy (non-hydrogen) atoms. The number of benzene rings is 1. The Morgan fingerprint density at radius 1 is 1.30 bits per heavy atom. The van der Waals surface area contributed by atoms with Gasteiger partial charge in [-0.25, -0.2) is 0 Å². The average molecular weight is 278 g/mol. The Kier molecular flexibility index (Phi) is 7.92. The van der Waals surface area contributed by atoms with E-state index in [0.29, 0.717) is 25.3 Å². The lowest BCUT2D eigenvalue weighted by molar-refractivity contribution is -0.122. The maximum atomic E-state index is 11.9. The Bertz CT molecular complexity index is 381. The average Bonchev–Trinajstić information content (AvgIpc) is 2.46. The highest BCUT2D eigenvalue weighted by atomic mass is 16.3. The topological polar surface area (TPSA) is 75.4 Å². The summed E-state index contributed by atoms with van der Waals surface area (Å²) in [4.78, 5) is 11.9. The Morgan fingerprint density at radius 3 is 2.60 bits per heavy atom. The third-order valence-electron chi connectivity index (χ3n) is 3.43. The van der Waals surface area contributed by atoms with Gasteiger partial charge in [-0.2, -0.15) is 0 Å². The minimum absolute atomic E-state index is 0.00357. The van der Waals surface area contributed by atoms with Crippen molar-refractivity contribution >= 4 is 5.91 Å². The third kappa shape index (κ3) is 6.68. The fourth-order valence-corrected chi connectivity index (χ4v) is 2.17. The SMILES string of the molecule is CC(CCN)CCC(=O)N[C@H](CO)Cc1ccccc1. The van der Waals surface area contributed by atoms with Gasteiger partial charge in [-0.1, -0.05) is 37.3 Å². The van der Waals surface area contributed by atoms with Crippen molar-refractivity contribution in [3.05, 3.63) is 35.9 Å². The minimum Gasteiger partial charge on any atom is -0.394 e. The largest absolute Gasteiger partial charge is 0.394 e. The summed E-state index contributed by atoms with van der Waals surface area (Å²) in [5.41, 5.74) is 6.60. The van der Waals surface area contributed by atoms with E-state index < -0.39 is 0 Å². The maximum Gasteiger partial charge on any atom is 0.220 e. The van der Waals surface area contributed by atoms with Gasteiger partial charge < -0.3 is 16.2 Å². The summed E-state index contributed by atoms with van der Waals surface area (Å²) in [6, 6.07) is 9.65. The number of hydrogen-bond donors (Lipinski definition) is 3. The van der Waals surface area contributed by atoms with Crippen molar-refractivity contribution in [1.29, 1.82) is 0 Å². The summed E-state index contributed by atoms with van der Waals surface area (Å²) in [5, 5.41) is 12.3. The zero-order valence-electron chi connectivity index (χ0n) is 12.2. The van der Waals surface area contributed by atoms with Crippen LogP contribution in [0.15, 0.2) is 30.3 Å². The van der Waals surface area contributed by atoms with Gasteiger partial charge >= 0.3 is 0 Å². The van der Waals surface area contributed by atoms with Crippen molar-refractivity contribution in [1.82, 2.24) is 5.32 Å². The normalized spacial score (nSPS) is 13.8. The van der Waals surface area contributed by atoms with Crippen LogP contribution in [0.5, 0.6) is 0 Å². The zero-order valence-corrected chi connectivity index (χ0v) is 12.2. The van der Waals surface area contributed by atoms with Crippen LogP contribution in [0.3, 0.4) is 0 Å². The number of nitrogens with one attached hydrogen (secondary N) is 1. The van der Waals surface area contributed by atoms with Gasteiger partial charge in [0.1, 0.15) is 0 Å². The Balaban J connectivity index is 2.34. The van der Waals surface area contributed by atoms with Gasteiger partial charge in [0.05, 0.1) is 12.6 Å². The van der Waals surface area contributed by atoms with Gasteiger partial charge in [0.15, 0.2) is 0 Å². The molecule has 0 bridgehead atoms. The molecule has 4 nitrogen and oxygen atoms in total. The van der Waals surface area contributed by atoms with Gasteiger partial charge in [0.2, 0.25) is 5.91 Å². The molecule has 2 atom stereocenters. The maximum absolute atomic E-state index is 11.9. The Morgan fingerprint density at radius 2 is 2.00 bits per heavy atom. The van der Waals surface area contributed by atoms with E-state index in [1.54, 1.807) is 0 Å². The van der Waals surface area contributed by atoms with Gasteiger partial charge in [0.25, 0.3) is 0 Å². The second kappa shape index (κ2) is 9.50. The number of nitrogens with two attached hydrogens (primary N) is 1. The van der Waals surface area contributed by atoms with E-state index in [9.17, 15) is 9.90 Å². The number of carbonyl (C=O) groups is 1. The quantitative estimate of drug-likeness (QED) is 0.640. The molecule has 0 aliphatic carbocycles. The molecule has 0 aromatic heterocycles. The molecule has 0 heterocycles. The molecule has 0 saturated carbocycles. The van der Waals surface area contributed by atoms with E-state index in [1.807, 2.05) is 30.3 Å². The molecular formula is C16H26N2O2. The second-order valence-electron chi connectivity index (χ2n) is 5.36. The van der Waals surface area contributed by atoms with Gasteiger partial charge in [0, 0.05) is 6.42 Å². The Labute approximate surface area is 121 Å². The molecule has 112 valence electrons. The molecule has 0 spiro atoms. The third-order valence-corrected chi connectivity index (χ3v) is 3.43. The van der Waals surface area contributed by atoms with Crippen LogP contribution in [0, 0.1) is 5.92 Å². The van der Waals surface area contributed by atoms with Crippen molar-refractivity contribution in [2.24, 2.45) is 11.7 Å². The van der Waals surface area contributed by atoms with Crippen LogP contribution in [-0.4, -0.2) is 30.2 Å². The molecule has 1 aromatic carbocycles. The number of rotatable bonds is 9. The van der Waals surface area contributed by atoms with Crippen LogP contribution in [0.4, 0.5) is 0 Å². The van der Waals surface area contributed by atoms with Crippen molar-refractivity contribution in [3.8, 4) is 0 Å². The lowest BCUT2D eigenvalue weighted by Gasteiger charge is -2.17. The van der Waals surface area contributed by atoms with Gasteiger partial charge in [-0.15, -0.1) is 0 Å². The Hall–Kier alpha value is -1.39. The standard InChI is InChI=1S/C16H26N2O2/c1-13(9-10-17)7-8-16(20)18-15(12-19)11-14-5-3-2-4-6-14/h2-6,13,15,19H,7-12,17H2,1H3,(H,18,20)/t13?,15-/m0/s1. The van der Waals surface area contributed by atoms with E-state index in [4.69, 9.17) is 5.73 Å². The highest BCUT2D eigenvalue weighted by molar-refractivity contribution is 5.76. The predicted molar refractivity (Wildman–Crippen MR) is 81.2 cm³/mol. The lowest BCUT2D eigenvalue weighted by atomic mass is 10.0. The second-order valence-corrected chi connectivity index (χ2v) is 5.36. The van der Waals surface area contributed by atoms with Crippen LogP contribution >= 0.6 is 0 Å². The van der Waals surface area contributed by atoms with Crippen LogP contribution in [0.1, 0.15) is 31.7 Å². The number of aliphatic hydroxyl groups excluding tert-OH is 1. The van der Waals surface area contributed by atoms with E-state index in [1.165, 1.54) is 0 Å². The van der Waals surface area contributed by atoms with Gasteiger partial charge in [-0.05, 0) is 37.3 Å². The molecule has 0 aliphatic rings. The van der Waals surface area contributed by atoms with Crippen LogP contribution in [-0.2, 0) is 11.2 Å². The smallest absolute Gasteiger partial charge is 0.220 e. The highest BCUT2D eigenvalue weighted by Gasteiger charge is 2.13. The van der Waals surface area contributed by atoms with Crippen LogP contribution in [0.2, 0.25) is 0 Å². The fraction of sp³-hybridized carbons (Fsp3) is 0.562. The van der Waals surface area contributed by atoms with Crippen molar-refractivity contribution in [2.75, 3.05) is 13.2 Å². The summed E-state index contributed by atoms with van der Waals surface area (Å²) in [5.74, 6) is 0.469. The van der Waals surface area contributed by atoms with Crippen molar-refractivity contribution in [3.63, 3.8) is 0 Å². The van der Waals surface area contributed by atoms with Gasteiger partial charge in [-0.3, -0.25) is 4.79 Å². The molecule has 0 saturated heterocycles. The number of hydrogen-bond acceptors (Lipinski definition) is 3. The van der Waals surface area contributed by atoms with E-state index in [2.05, 4.69) is 12.2 Å². The molecule has 1 aromatic rings. The first-order chi connectivity index (χ1) is 9.65. The summed E-state index contributed by atoms with van der Waals surface area (Å²) < 4.78 is 0. The van der Waals surface area contributed by atoms with Crippen molar-refractivity contribution in [2.45, 2.75) is 38.6 Å². The molecule has 4 N–H and O–H groups in total. The first-order valence-electron chi connectivity index (χ1n) is 7.30. The zero-order chi connectivity index (χ0) is 14.8. The van der Waals surface area contributed by atoms with Crippen LogP contribution in [0.25, 0.3) is 0 Å². The summed E-state index contributed by atoms with van der Waals surface area (Å²) in [7, 11) is 0. The first-order valence-corrected chi connectivity index (χ1v) is 7.30. The molecular weight excluding hydrogens is 252 g/mol. The summed E-state index contributed by atoms with van der Waals surface area (Å²) in [6.45, 7) is 2.72. The molecule has 1 rings (SSSR count). The monoisotopic (exact) mass is 278 g/mol. The number of carbonyl (C=O) groups excluding carboxylic acids is 1. The van der Waals surface area contributed by atoms with E-state index in [-0.39, 0.29) is 18.6 Å². The molecule has 0 fully saturated rings. The summed E-state index contributed by atoms with van der Waals surface area (Å²) in [6.07, 6.45) is 2.93. The van der Waals surface area contributed by atoms with E-state index in [0.717, 1.165) is 18.4 Å². The number of aliphatic hydroxyl groups is 1. The summed E-state index contributed by atoms with van der Waals surface area (Å²) >= 11 is 0. The fourth-order valence-electron chi connectivity index (χ4n) is 2.17. The first kappa shape index (κ1) is 16.7. The van der Waals surface area contributed by atoms with Crippen molar-refractivity contribution < 1.29 is 9.90 Å².